The maximum atomic E-state index is 9.38. The number of anilines is 1. The molecule has 108 valence electrons. The lowest BCUT2D eigenvalue weighted by atomic mass is 10.1. The van der Waals surface area contributed by atoms with Crippen molar-refractivity contribution >= 4 is 5.82 Å². The second-order valence-electron chi connectivity index (χ2n) is 5.01. The molecular formula is C15H26N2O2. The predicted octanol–water partition coefficient (Wildman–Crippen LogP) is 2.39. The third kappa shape index (κ3) is 4.80. The van der Waals surface area contributed by atoms with E-state index in [9.17, 15) is 5.11 Å². The van der Waals surface area contributed by atoms with Gasteiger partial charge in [0.1, 0.15) is 5.82 Å². The fourth-order valence-corrected chi connectivity index (χ4v) is 2.08. The molecule has 0 aromatic carbocycles. The van der Waals surface area contributed by atoms with Crippen molar-refractivity contribution < 1.29 is 9.84 Å². The molecule has 0 fully saturated rings. The van der Waals surface area contributed by atoms with Gasteiger partial charge >= 0.3 is 0 Å². The summed E-state index contributed by atoms with van der Waals surface area (Å²) in [6.45, 7) is 7.96. The summed E-state index contributed by atoms with van der Waals surface area (Å²) < 4.78 is 5.16. The molecule has 0 aliphatic heterocycles. The van der Waals surface area contributed by atoms with Gasteiger partial charge in [-0.15, -0.1) is 0 Å². The molecule has 4 heteroatoms. The van der Waals surface area contributed by atoms with Gasteiger partial charge in [-0.1, -0.05) is 13.3 Å². The maximum Gasteiger partial charge on any atom is 0.129 e. The fraction of sp³-hybridized carbons (Fsp3) is 0.667. The average Bonchev–Trinajstić information content (AvgIpc) is 2.39. The van der Waals surface area contributed by atoms with E-state index in [1.54, 1.807) is 7.11 Å². The number of ether oxygens (including phenoxy) is 1. The Kier molecular flexibility index (Phi) is 6.81. The standard InChI is InChI=1S/C15H26N2O2/c1-5-6-14-9-13(11-18)10-15(16-14)17(12(2)3)7-8-19-4/h9-10,12,18H,5-8,11H2,1-4H3. The lowest BCUT2D eigenvalue weighted by molar-refractivity contribution is 0.203. The summed E-state index contributed by atoms with van der Waals surface area (Å²) in [5.74, 6) is 0.932. The number of aliphatic hydroxyl groups excluding tert-OH is 1. The van der Waals surface area contributed by atoms with Crippen molar-refractivity contribution in [2.24, 2.45) is 0 Å². The van der Waals surface area contributed by atoms with Gasteiger partial charge in [-0.3, -0.25) is 0 Å². The quantitative estimate of drug-likeness (QED) is 0.784. The highest BCUT2D eigenvalue weighted by atomic mass is 16.5. The average molecular weight is 266 g/mol. The van der Waals surface area contributed by atoms with Crippen molar-refractivity contribution in [3.63, 3.8) is 0 Å². The van der Waals surface area contributed by atoms with Crippen LogP contribution < -0.4 is 4.90 Å². The molecule has 0 amide bonds. The number of aliphatic hydroxyl groups is 1. The summed E-state index contributed by atoms with van der Waals surface area (Å²) in [7, 11) is 1.71. The highest BCUT2D eigenvalue weighted by Gasteiger charge is 2.13. The van der Waals surface area contributed by atoms with E-state index >= 15 is 0 Å². The second kappa shape index (κ2) is 8.12. The zero-order valence-corrected chi connectivity index (χ0v) is 12.5. The molecule has 1 aromatic heterocycles. The summed E-state index contributed by atoms with van der Waals surface area (Å²) >= 11 is 0. The van der Waals surface area contributed by atoms with E-state index in [-0.39, 0.29) is 6.61 Å². The Labute approximate surface area is 116 Å². The van der Waals surface area contributed by atoms with Crippen LogP contribution in [0, 0.1) is 0 Å². The van der Waals surface area contributed by atoms with Gasteiger partial charge in [0.15, 0.2) is 0 Å². The Morgan fingerprint density at radius 1 is 1.37 bits per heavy atom. The van der Waals surface area contributed by atoms with Crippen LogP contribution in [0.25, 0.3) is 0 Å². The first kappa shape index (κ1) is 15.9. The highest BCUT2D eigenvalue weighted by molar-refractivity contribution is 5.43. The van der Waals surface area contributed by atoms with E-state index in [0.29, 0.717) is 12.6 Å². The van der Waals surface area contributed by atoms with Crippen molar-refractivity contribution in [2.45, 2.75) is 46.3 Å². The summed E-state index contributed by atoms with van der Waals surface area (Å²) in [4.78, 5) is 6.91. The topological polar surface area (TPSA) is 45.6 Å². The zero-order valence-electron chi connectivity index (χ0n) is 12.5. The minimum Gasteiger partial charge on any atom is -0.392 e. The zero-order chi connectivity index (χ0) is 14.3. The first-order valence-electron chi connectivity index (χ1n) is 6.98. The number of hydrogen-bond donors (Lipinski definition) is 1. The van der Waals surface area contributed by atoms with Crippen LogP contribution >= 0.6 is 0 Å². The van der Waals surface area contributed by atoms with Crippen LogP contribution in [0.15, 0.2) is 12.1 Å². The minimum atomic E-state index is 0.0580. The number of nitrogens with zero attached hydrogens (tertiary/aromatic N) is 2. The molecule has 0 aliphatic rings. The van der Waals surface area contributed by atoms with Crippen LogP contribution in [0.5, 0.6) is 0 Å². The molecule has 0 aliphatic carbocycles. The van der Waals surface area contributed by atoms with E-state index in [1.807, 2.05) is 12.1 Å². The lowest BCUT2D eigenvalue weighted by Crippen LogP contribution is -2.34. The van der Waals surface area contributed by atoms with E-state index in [4.69, 9.17) is 9.72 Å². The van der Waals surface area contributed by atoms with Gasteiger partial charge in [-0.05, 0) is 38.0 Å². The van der Waals surface area contributed by atoms with Crippen molar-refractivity contribution in [3.8, 4) is 0 Å². The Hall–Kier alpha value is -1.13. The molecule has 1 N–H and O–H groups in total. The third-order valence-electron chi connectivity index (χ3n) is 3.07. The molecule has 4 nitrogen and oxygen atoms in total. The molecule has 1 rings (SSSR count). The van der Waals surface area contributed by atoms with Crippen LogP contribution in [0.4, 0.5) is 5.82 Å². The smallest absolute Gasteiger partial charge is 0.129 e. The van der Waals surface area contributed by atoms with Gasteiger partial charge in [0, 0.05) is 25.4 Å². The molecule has 0 atom stereocenters. The van der Waals surface area contributed by atoms with Crippen LogP contribution in [-0.4, -0.2) is 36.4 Å². The first-order chi connectivity index (χ1) is 9.12. The molecule has 0 radical (unpaired) electrons. The Bertz CT molecular complexity index is 380. The fourth-order valence-electron chi connectivity index (χ4n) is 2.08. The largest absolute Gasteiger partial charge is 0.392 e. The molecule has 1 aromatic rings. The van der Waals surface area contributed by atoms with Gasteiger partial charge in [0.2, 0.25) is 0 Å². The molecule has 19 heavy (non-hydrogen) atoms. The normalized spacial score (nSPS) is 11.1. The van der Waals surface area contributed by atoms with Crippen molar-refractivity contribution in [1.82, 2.24) is 4.98 Å². The highest BCUT2D eigenvalue weighted by Crippen LogP contribution is 2.18. The minimum absolute atomic E-state index is 0.0580. The number of methoxy groups -OCH3 is 1. The molecule has 0 bridgehead atoms. The van der Waals surface area contributed by atoms with Crippen molar-refractivity contribution in [1.29, 1.82) is 0 Å². The van der Waals surface area contributed by atoms with Crippen molar-refractivity contribution in [2.75, 3.05) is 25.2 Å². The number of rotatable bonds is 8. The number of aryl methyl sites for hydroxylation is 1. The predicted molar refractivity (Wildman–Crippen MR) is 78.5 cm³/mol. The molecular weight excluding hydrogens is 240 g/mol. The Morgan fingerprint density at radius 3 is 2.63 bits per heavy atom. The van der Waals surface area contributed by atoms with E-state index in [1.165, 1.54) is 0 Å². The van der Waals surface area contributed by atoms with E-state index in [2.05, 4.69) is 25.7 Å². The molecule has 0 spiro atoms. The molecule has 1 heterocycles. The van der Waals surface area contributed by atoms with E-state index in [0.717, 1.165) is 36.5 Å². The third-order valence-corrected chi connectivity index (χ3v) is 3.07. The van der Waals surface area contributed by atoms with Crippen LogP contribution in [-0.2, 0) is 17.8 Å². The van der Waals surface area contributed by atoms with Gasteiger partial charge in [0.25, 0.3) is 0 Å². The monoisotopic (exact) mass is 266 g/mol. The SMILES string of the molecule is CCCc1cc(CO)cc(N(CCOC)C(C)C)n1. The van der Waals surface area contributed by atoms with Crippen LogP contribution in [0.3, 0.4) is 0 Å². The first-order valence-corrected chi connectivity index (χ1v) is 6.98. The summed E-state index contributed by atoms with van der Waals surface area (Å²) in [5, 5.41) is 9.38. The molecule has 0 unspecified atom stereocenters. The van der Waals surface area contributed by atoms with Gasteiger partial charge in [0.05, 0.1) is 13.2 Å². The van der Waals surface area contributed by atoms with Gasteiger partial charge in [-0.2, -0.15) is 0 Å². The summed E-state index contributed by atoms with van der Waals surface area (Å²) in [5.41, 5.74) is 1.98. The molecule has 0 saturated heterocycles. The number of pyridine rings is 1. The van der Waals surface area contributed by atoms with Crippen LogP contribution in [0.1, 0.15) is 38.4 Å². The Balaban J connectivity index is 3.02. The second-order valence-corrected chi connectivity index (χ2v) is 5.01. The van der Waals surface area contributed by atoms with E-state index < -0.39 is 0 Å². The van der Waals surface area contributed by atoms with Crippen molar-refractivity contribution in [3.05, 3.63) is 23.4 Å². The summed E-state index contributed by atoms with van der Waals surface area (Å²) in [6.07, 6.45) is 2.00. The Morgan fingerprint density at radius 2 is 2.11 bits per heavy atom. The van der Waals surface area contributed by atoms with Gasteiger partial charge < -0.3 is 14.7 Å². The lowest BCUT2D eigenvalue weighted by Gasteiger charge is -2.28. The summed E-state index contributed by atoms with van der Waals surface area (Å²) in [6, 6.07) is 4.31. The maximum absolute atomic E-state index is 9.38. The van der Waals surface area contributed by atoms with Crippen LogP contribution in [0.2, 0.25) is 0 Å². The number of hydrogen-bond acceptors (Lipinski definition) is 4. The number of aromatic nitrogens is 1. The molecule has 0 saturated carbocycles. The van der Waals surface area contributed by atoms with Gasteiger partial charge in [-0.25, -0.2) is 4.98 Å².